The second-order valence-electron chi connectivity index (χ2n) is 5.28. The van der Waals surface area contributed by atoms with E-state index in [2.05, 4.69) is 0 Å². The van der Waals surface area contributed by atoms with Crippen molar-refractivity contribution in [2.45, 2.75) is 38.7 Å². The second kappa shape index (κ2) is 5.56. The number of carbonyl (C=O) groups is 2. The zero-order valence-electron chi connectivity index (χ0n) is 11.6. The Hall–Kier alpha value is -1.75. The number of esters is 1. The molecule has 1 aliphatic rings. The molecular weight excluding hydrogens is 291 g/mol. The standard InChI is InChI=1S/C16H15FO3S/c1-9-14-10(17)5-4-8-13(14)21-15(9)16(19)20-12-7-3-2-6-11(12)18/h4-5,8,12H,2-3,6-7H2,1H3/t12-/m1/s1. The molecule has 0 radical (unpaired) electrons. The molecule has 0 unspecified atom stereocenters. The van der Waals surface area contributed by atoms with Gasteiger partial charge in [-0.3, -0.25) is 4.79 Å². The molecule has 1 fully saturated rings. The number of ketones is 1. The van der Waals surface area contributed by atoms with Crippen LogP contribution in [0.3, 0.4) is 0 Å². The molecule has 2 aromatic rings. The lowest BCUT2D eigenvalue weighted by Crippen LogP contribution is -2.30. The molecule has 1 aliphatic carbocycles. The van der Waals surface area contributed by atoms with Crippen molar-refractivity contribution in [3.8, 4) is 0 Å². The van der Waals surface area contributed by atoms with Crippen LogP contribution in [0.2, 0.25) is 0 Å². The highest BCUT2D eigenvalue weighted by Gasteiger charge is 2.28. The van der Waals surface area contributed by atoms with Gasteiger partial charge in [0.25, 0.3) is 0 Å². The van der Waals surface area contributed by atoms with Crippen LogP contribution in [0.25, 0.3) is 10.1 Å². The fourth-order valence-electron chi connectivity index (χ4n) is 2.71. The van der Waals surface area contributed by atoms with E-state index in [0.717, 1.165) is 17.5 Å². The zero-order valence-corrected chi connectivity index (χ0v) is 12.5. The summed E-state index contributed by atoms with van der Waals surface area (Å²) < 4.78 is 19.9. The summed E-state index contributed by atoms with van der Waals surface area (Å²) in [5, 5.41) is 0.462. The second-order valence-corrected chi connectivity index (χ2v) is 6.33. The van der Waals surface area contributed by atoms with Gasteiger partial charge in [-0.2, -0.15) is 0 Å². The highest BCUT2D eigenvalue weighted by atomic mass is 32.1. The van der Waals surface area contributed by atoms with Crippen LogP contribution in [0.15, 0.2) is 18.2 Å². The molecule has 3 nitrogen and oxygen atoms in total. The maximum absolute atomic E-state index is 13.8. The number of hydrogen-bond donors (Lipinski definition) is 0. The van der Waals surface area contributed by atoms with Crippen molar-refractivity contribution in [2.24, 2.45) is 0 Å². The van der Waals surface area contributed by atoms with Crippen LogP contribution in [0.1, 0.15) is 40.9 Å². The van der Waals surface area contributed by atoms with Gasteiger partial charge in [0.15, 0.2) is 11.9 Å². The average molecular weight is 306 g/mol. The van der Waals surface area contributed by atoms with Gasteiger partial charge in [-0.1, -0.05) is 6.07 Å². The Kier molecular flexibility index (Phi) is 3.76. The Labute approximate surface area is 125 Å². The molecule has 0 bridgehead atoms. The van der Waals surface area contributed by atoms with Gasteiger partial charge in [0.2, 0.25) is 0 Å². The minimum atomic E-state index is -0.638. The molecular formula is C16H15FO3S. The van der Waals surface area contributed by atoms with Crippen molar-refractivity contribution in [2.75, 3.05) is 0 Å². The maximum atomic E-state index is 13.8. The third-order valence-corrected chi connectivity index (χ3v) is 5.07. The molecule has 1 heterocycles. The number of halogens is 1. The molecule has 0 aliphatic heterocycles. The molecule has 3 rings (SSSR count). The number of aryl methyl sites for hydroxylation is 1. The SMILES string of the molecule is Cc1c(C(=O)O[C@@H]2CCCCC2=O)sc2cccc(F)c12. The lowest BCUT2D eigenvalue weighted by atomic mass is 9.96. The van der Waals surface area contributed by atoms with Crippen LogP contribution in [-0.4, -0.2) is 17.9 Å². The number of hydrogen-bond acceptors (Lipinski definition) is 4. The first-order chi connectivity index (χ1) is 10.1. The quantitative estimate of drug-likeness (QED) is 0.787. The number of carbonyl (C=O) groups excluding carboxylic acids is 2. The van der Waals surface area contributed by atoms with Gasteiger partial charge in [0.1, 0.15) is 10.7 Å². The van der Waals surface area contributed by atoms with Crippen molar-refractivity contribution < 1.29 is 18.7 Å². The highest BCUT2D eigenvalue weighted by molar-refractivity contribution is 7.21. The van der Waals surface area contributed by atoms with Crippen LogP contribution >= 0.6 is 11.3 Å². The number of fused-ring (bicyclic) bond motifs is 1. The first kappa shape index (κ1) is 14.2. The highest BCUT2D eigenvalue weighted by Crippen LogP contribution is 2.33. The predicted molar refractivity (Wildman–Crippen MR) is 79.2 cm³/mol. The first-order valence-electron chi connectivity index (χ1n) is 6.99. The van der Waals surface area contributed by atoms with Gasteiger partial charge in [-0.05, 0) is 43.9 Å². The molecule has 0 spiro atoms. The molecule has 1 saturated carbocycles. The maximum Gasteiger partial charge on any atom is 0.349 e. The molecule has 0 saturated heterocycles. The van der Waals surface area contributed by atoms with Gasteiger partial charge in [0.05, 0.1) is 0 Å². The average Bonchev–Trinajstić information content (AvgIpc) is 2.80. The monoisotopic (exact) mass is 306 g/mol. The number of ether oxygens (including phenoxy) is 1. The predicted octanol–water partition coefficient (Wildman–Crippen LogP) is 4.02. The summed E-state index contributed by atoms with van der Waals surface area (Å²) in [6, 6.07) is 4.77. The molecule has 5 heteroatoms. The van der Waals surface area contributed by atoms with Crippen molar-refractivity contribution in [1.29, 1.82) is 0 Å². The Balaban J connectivity index is 1.89. The minimum absolute atomic E-state index is 0.0143. The lowest BCUT2D eigenvalue weighted by molar-refractivity contribution is -0.129. The van der Waals surface area contributed by atoms with E-state index < -0.39 is 12.1 Å². The number of benzene rings is 1. The van der Waals surface area contributed by atoms with Crippen molar-refractivity contribution >= 4 is 33.2 Å². The lowest BCUT2D eigenvalue weighted by Gasteiger charge is -2.20. The summed E-state index contributed by atoms with van der Waals surface area (Å²) >= 11 is 1.21. The summed E-state index contributed by atoms with van der Waals surface area (Å²) in [4.78, 5) is 24.4. The summed E-state index contributed by atoms with van der Waals surface area (Å²) in [6.07, 6.45) is 2.17. The van der Waals surface area contributed by atoms with Crippen molar-refractivity contribution in [3.05, 3.63) is 34.5 Å². The molecule has 1 aromatic carbocycles. The molecule has 110 valence electrons. The third kappa shape index (κ3) is 2.58. The molecule has 0 N–H and O–H groups in total. The third-order valence-electron chi connectivity index (χ3n) is 3.84. The smallest absolute Gasteiger partial charge is 0.349 e. The van der Waals surface area contributed by atoms with E-state index in [9.17, 15) is 14.0 Å². The Bertz CT molecular complexity index is 720. The minimum Gasteiger partial charge on any atom is -0.450 e. The van der Waals surface area contributed by atoms with Gasteiger partial charge >= 0.3 is 5.97 Å². The van der Waals surface area contributed by atoms with E-state index in [0.29, 0.717) is 28.7 Å². The number of thiophene rings is 1. The fraction of sp³-hybridized carbons (Fsp3) is 0.375. The Morgan fingerprint density at radius 3 is 2.90 bits per heavy atom. The summed E-state index contributed by atoms with van der Waals surface area (Å²) in [7, 11) is 0. The van der Waals surface area contributed by atoms with Gasteiger partial charge in [0, 0.05) is 16.5 Å². The van der Waals surface area contributed by atoms with Crippen LogP contribution < -0.4 is 0 Å². The topological polar surface area (TPSA) is 43.4 Å². The fourth-order valence-corrected chi connectivity index (χ4v) is 3.81. The Morgan fingerprint density at radius 2 is 2.19 bits per heavy atom. The van der Waals surface area contributed by atoms with E-state index in [1.54, 1.807) is 19.1 Å². The van der Waals surface area contributed by atoms with E-state index in [1.165, 1.54) is 17.4 Å². The van der Waals surface area contributed by atoms with Crippen LogP contribution in [-0.2, 0) is 9.53 Å². The zero-order chi connectivity index (χ0) is 15.0. The number of Topliss-reactive ketones (excluding diaryl/α,β-unsaturated/α-hetero) is 1. The van der Waals surface area contributed by atoms with Gasteiger partial charge in [-0.15, -0.1) is 11.3 Å². The largest absolute Gasteiger partial charge is 0.450 e. The normalized spacial score (nSPS) is 19.0. The van der Waals surface area contributed by atoms with Crippen LogP contribution in [0, 0.1) is 12.7 Å². The summed E-state index contributed by atoms with van der Waals surface area (Å²) in [5.74, 6) is -0.873. The summed E-state index contributed by atoms with van der Waals surface area (Å²) in [5.41, 5.74) is 0.585. The van der Waals surface area contributed by atoms with Gasteiger partial charge < -0.3 is 4.74 Å². The Morgan fingerprint density at radius 1 is 1.38 bits per heavy atom. The van der Waals surface area contributed by atoms with E-state index in [4.69, 9.17) is 4.74 Å². The molecule has 1 aromatic heterocycles. The summed E-state index contributed by atoms with van der Waals surface area (Å²) in [6.45, 7) is 1.71. The van der Waals surface area contributed by atoms with Crippen molar-refractivity contribution in [3.63, 3.8) is 0 Å². The molecule has 0 amide bonds. The molecule has 21 heavy (non-hydrogen) atoms. The van der Waals surface area contributed by atoms with E-state index in [-0.39, 0.29) is 11.6 Å². The van der Waals surface area contributed by atoms with Gasteiger partial charge in [-0.25, -0.2) is 9.18 Å². The number of rotatable bonds is 2. The van der Waals surface area contributed by atoms with Crippen molar-refractivity contribution in [1.82, 2.24) is 0 Å². The van der Waals surface area contributed by atoms with Crippen LogP contribution in [0.5, 0.6) is 0 Å². The van der Waals surface area contributed by atoms with E-state index >= 15 is 0 Å². The van der Waals surface area contributed by atoms with Crippen LogP contribution in [0.4, 0.5) is 4.39 Å². The van der Waals surface area contributed by atoms with E-state index in [1.807, 2.05) is 0 Å². The first-order valence-corrected chi connectivity index (χ1v) is 7.81. The molecule has 1 atom stereocenters.